The first-order chi connectivity index (χ1) is 11.8. The van der Waals surface area contributed by atoms with Crippen LogP contribution in [0.5, 0.6) is 0 Å². The highest BCUT2D eigenvalue weighted by molar-refractivity contribution is 5.89. The molecule has 4 heterocycles. The fourth-order valence-electron chi connectivity index (χ4n) is 3.87. The topological polar surface area (TPSA) is 69.7 Å². The Morgan fingerprint density at radius 3 is 3.00 bits per heavy atom. The monoisotopic (exact) mass is 322 g/mol. The lowest BCUT2D eigenvalue weighted by atomic mass is 9.75. The lowest BCUT2D eigenvalue weighted by Crippen LogP contribution is -2.64. The van der Waals surface area contributed by atoms with Crippen LogP contribution in [0.1, 0.15) is 20.7 Å². The van der Waals surface area contributed by atoms with Crippen LogP contribution in [0.4, 0.5) is 5.82 Å². The number of nitrogens with zero attached hydrogens (tertiary/aromatic N) is 4. The van der Waals surface area contributed by atoms with Gasteiger partial charge in [-0.25, -0.2) is 9.97 Å². The summed E-state index contributed by atoms with van der Waals surface area (Å²) in [5.74, 6) is 1.05. The number of fused-ring (bicyclic) bond motifs is 1. The number of hydrogen-bond acceptors (Lipinski definition) is 5. The van der Waals surface area contributed by atoms with E-state index < -0.39 is 0 Å². The van der Waals surface area contributed by atoms with Crippen molar-refractivity contribution in [3.8, 4) is 11.4 Å². The van der Waals surface area contributed by atoms with Gasteiger partial charge in [0.1, 0.15) is 5.82 Å². The molecular formula is C18H22N6. The van der Waals surface area contributed by atoms with Gasteiger partial charge in [-0.3, -0.25) is 5.10 Å². The first-order valence-corrected chi connectivity index (χ1v) is 8.60. The molecule has 1 aliphatic carbocycles. The molecule has 0 aromatic carbocycles. The molecule has 0 unspecified atom stereocenters. The van der Waals surface area contributed by atoms with Crippen molar-refractivity contribution in [3.63, 3.8) is 0 Å². The molecule has 2 N–H and O–H groups in total. The average Bonchev–Trinajstić information content (AvgIpc) is 3.05. The molecule has 3 aromatic heterocycles. The summed E-state index contributed by atoms with van der Waals surface area (Å²) in [5, 5.41) is 12.1. The molecule has 1 saturated carbocycles. The van der Waals surface area contributed by atoms with E-state index in [-0.39, 0.29) is 1.43 Å². The van der Waals surface area contributed by atoms with E-state index >= 15 is 0 Å². The number of nitrogens with one attached hydrogen (secondary N) is 2. The summed E-state index contributed by atoms with van der Waals surface area (Å²) < 4.78 is 0. The van der Waals surface area contributed by atoms with Crippen LogP contribution >= 0.6 is 0 Å². The maximum Gasteiger partial charge on any atom is 0.181 e. The zero-order valence-electron chi connectivity index (χ0n) is 13.5. The molecule has 124 valence electrons. The zero-order chi connectivity index (χ0) is 16.0. The summed E-state index contributed by atoms with van der Waals surface area (Å²) in [6.45, 7) is 3.08. The Kier molecular flexibility index (Phi) is 3.06. The van der Waals surface area contributed by atoms with Crippen LogP contribution in [-0.4, -0.2) is 45.3 Å². The summed E-state index contributed by atoms with van der Waals surface area (Å²) in [5.41, 5.74) is 2.91. The van der Waals surface area contributed by atoms with Crippen LogP contribution in [-0.2, 0) is 0 Å². The SMILES string of the molecule is [HH].c1cc(-c2[nH]nc3ncccc23)nc(N2CCNC3(CCC3)C2)c1. The number of aromatic nitrogens is 4. The standard InChI is InChI=1S/C18H20N6.H2/c1-5-14(16-13-4-2-9-19-17(13)23-22-16)21-15(6-1)24-11-10-20-18(12-24)7-3-8-18;/h1-2,4-6,9,20H,3,7-8,10-12H2,(H,19,22,23);1H. The van der Waals surface area contributed by atoms with E-state index in [0.29, 0.717) is 5.54 Å². The third kappa shape index (κ3) is 2.17. The largest absolute Gasteiger partial charge is 0.353 e. The Morgan fingerprint density at radius 2 is 2.12 bits per heavy atom. The summed E-state index contributed by atoms with van der Waals surface area (Å²) in [6.07, 6.45) is 5.65. The molecule has 0 amide bonds. The van der Waals surface area contributed by atoms with Crippen LogP contribution in [0.3, 0.4) is 0 Å². The number of H-pyrrole nitrogens is 1. The van der Waals surface area contributed by atoms with E-state index in [1.807, 2.05) is 18.2 Å². The maximum absolute atomic E-state index is 4.91. The quantitative estimate of drug-likeness (QED) is 0.759. The molecule has 2 aliphatic rings. The second-order valence-electron chi connectivity index (χ2n) is 6.84. The minimum Gasteiger partial charge on any atom is -0.353 e. The number of pyridine rings is 2. The van der Waals surface area contributed by atoms with E-state index in [9.17, 15) is 0 Å². The molecule has 2 fully saturated rings. The van der Waals surface area contributed by atoms with E-state index in [1.165, 1.54) is 19.3 Å². The van der Waals surface area contributed by atoms with Crippen LogP contribution in [0.2, 0.25) is 0 Å². The van der Waals surface area contributed by atoms with Gasteiger partial charge in [0.05, 0.1) is 11.4 Å². The van der Waals surface area contributed by atoms with E-state index in [1.54, 1.807) is 6.20 Å². The molecule has 0 atom stereocenters. The molecular weight excluding hydrogens is 300 g/mol. The van der Waals surface area contributed by atoms with Gasteiger partial charge in [0.25, 0.3) is 0 Å². The van der Waals surface area contributed by atoms with Gasteiger partial charge in [-0.1, -0.05) is 6.07 Å². The second-order valence-corrected chi connectivity index (χ2v) is 6.84. The van der Waals surface area contributed by atoms with Gasteiger partial charge in [0.15, 0.2) is 5.65 Å². The predicted octanol–water partition coefficient (Wildman–Crippen LogP) is 2.60. The number of aromatic amines is 1. The van der Waals surface area contributed by atoms with Gasteiger partial charge in [-0.05, 0) is 43.5 Å². The normalized spacial score (nSPS) is 19.6. The van der Waals surface area contributed by atoms with Crippen molar-refractivity contribution in [3.05, 3.63) is 36.5 Å². The van der Waals surface area contributed by atoms with Gasteiger partial charge < -0.3 is 10.2 Å². The lowest BCUT2D eigenvalue weighted by Gasteiger charge is -2.50. The van der Waals surface area contributed by atoms with Gasteiger partial charge in [-0.2, -0.15) is 5.10 Å². The van der Waals surface area contributed by atoms with Crippen molar-refractivity contribution in [2.75, 3.05) is 24.5 Å². The summed E-state index contributed by atoms with van der Waals surface area (Å²) in [4.78, 5) is 11.6. The molecule has 3 aromatic rings. The number of hydrogen-bond donors (Lipinski definition) is 2. The van der Waals surface area contributed by atoms with Gasteiger partial charge >= 0.3 is 0 Å². The van der Waals surface area contributed by atoms with Crippen LogP contribution in [0.15, 0.2) is 36.5 Å². The van der Waals surface area contributed by atoms with Crippen molar-refractivity contribution in [2.45, 2.75) is 24.8 Å². The predicted molar refractivity (Wildman–Crippen MR) is 96.0 cm³/mol. The molecule has 24 heavy (non-hydrogen) atoms. The van der Waals surface area contributed by atoms with Crippen molar-refractivity contribution in [1.82, 2.24) is 25.5 Å². The molecule has 1 spiro atoms. The fraction of sp³-hybridized carbons (Fsp3) is 0.389. The molecule has 1 saturated heterocycles. The fourth-order valence-corrected chi connectivity index (χ4v) is 3.87. The number of rotatable bonds is 2. The number of piperazine rings is 1. The van der Waals surface area contributed by atoms with Crippen molar-refractivity contribution < 1.29 is 1.43 Å². The molecule has 0 radical (unpaired) electrons. The molecule has 1 aliphatic heterocycles. The molecule has 5 rings (SSSR count). The van der Waals surface area contributed by atoms with Crippen molar-refractivity contribution in [2.24, 2.45) is 0 Å². The third-order valence-electron chi connectivity index (χ3n) is 5.33. The van der Waals surface area contributed by atoms with Crippen LogP contribution in [0.25, 0.3) is 22.4 Å². The summed E-state index contributed by atoms with van der Waals surface area (Å²) in [6, 6.07) is 10.2. The highest BCUT2D eigenvalue weighted by atomic mass is 15.3. The highest BCUT2D eigenvalue weighted by Gasteiger charge is 2.40. The van der Waals surface area contributed by atoms with Crippen LogP contribution < -0.4 is 10.2 Å². The minimum atomic E-state index is 0. The Hall–Kier alpha value is -2.47. The third-order valence-corrected chi connectivity index (χ3v) is 5.33. The molecule has 6 nitrogen and oxygen atoms in total. The minimum absolute atomic E-state index is 0. The van der Waals surface area contributed by atoms with Gasteiger partial charge in [0, 0.05) is 38.2 Å². The number of anilines is 1. The van der Waals surface area contributed by atoms with E-state index in [4.69, 9.17) is 4.98 Å². The Bertz CT molecular complexity index is 888. The average molecular weight is 322 g/mol. The van der Waals surface area contributed by atoms with Crippen LogP contribution in [0, 0.1) is 0 Å². The van der Waals surface area contributed by atoms with Crippen molar-refractivity contribution >= 4 is 16.9 Å². The first-order valence-electron chi connectivity index (χ1n) is 8.60. The van der Waals surface area contributed by atoms with E-state index in [2.05, 4.69) is 37.5 Å². The zero-order valence-corrected chi connectivity index (χ0v) is 13.5. The Labute approximate surface area is 141 Å². The highest BCUT2D eigenvalue weighted by Crippen LogP contribution is 2.35. The first kappa shape index (κ1) is 13.9. The van der Waals surface area contributed by atoms with Crippen molar-refractivity contribution in [1.29, 1.82) is 0 Å². The Balaban J connectivity index is 0.00000157. The molecule has 6 heteroatoms. The Morgan fingerprint density at radius 1 is 1.17 bits per heavy atom. The molecule has 0 bridgehead atoms. The maximum atomic E-state index is 4.91. The summed E-state index contributed by atoms with van der Waals surface area (Å²) in [7, 11) is 0. The smallest absolute Gasteiger partial charge is 0.181 e. The van der Waals surface area contributed by atoms with Gasteiger partial charge in [0.2, 0.25) is 0 Å². The second kappa shape index (κ2) is 5.27. The summed E-state index contributed by atoms with van der Waals surface area (Å²) >= 11 is 0. The van der Waals surface area contributed by atoms with Gasteiger partial charge in [-0.15, -0.1) is 0 Å². The van der Waals surface area contributed by atoms with E-state index in [0.717, 1.165) is 47.9 Å². The lowest BCUT2D eigenvalue weighted by molar-refractivity contribution is 0.172.